The highest BCUT2D eigenvalue weighted by molar-refractivity contribution is 5.80. The normalized spacial score (nSPS) is 20.2. The van der Waals surface area contributed by atoms with Crippen molar-refractivity contribution < 1.29 is 22.7 Å². The van der Waals surface area contributed by atoms with Gasteiger partial charge < -0.3 is 14.5 Å². The number of ether oxygens (including phenoxy) is 1. The van der Waals surface area contributed by atoms with Gasteiger partial charge in [0.25, 0.3) is 0 Å². The molecule has 2 aliphatic rings. The summed E-state index contributed by atoms with van der Waals surface area (Å²) in [7, 11) is 1.63. The Labute approximate surface area is 179 Å². The average Bonchev–Trinajstić information content (AvgIpc) is 3.28. The van der Waals surface area contributed by atoms with Crippen molar-refractivity contribution in [2.45, 2.75) is 37.9 Å². The highest BCUT2D eigenvalue weighted by atomic mass is 19.4. The Kier molecular flexibility index (Phi) is 6.07. The van der Waals surface area contributed by atoms with Crippen molar-refractivity contribution >= 4 is 11.7 Å². The van der Waals surface area contributed by atoms with E-state index in [2.05, 4.69) is 4.98 Å². The van der Waals surface area contributed by atoms with Crippen LogP contribution in [0.25, 0.3) is 0 Å². The number of methoxy groups -OCH3 is 1. The number of amides is 1. The topological polar surface area (TPSA) is 45.7 Å². The molecular weight excluding hydrogens is 407 g/mol. The van der Waals surface area contributed by atoms with Crippen molar-refractivity contribution in [1.29, 1.82) is 0 Å². The number of likely N-dealkylation sites (tertiary alicyclic amines) is 1. The molecule has 0 N–H and O–H groups in total. The first-order valence-electron chi connectivity index (χ1n) is 10.6. The van der Waals surface area contributed by atoms with E-state index in [1.165, 1.54) is 6.07 Å². The van der Waals surface area contributed by atoms with Crippen molar-refractivity contribution in [2.75, 3.05) is 31.6 Å². The molecule has 0 aliphatic carbocycles. The number of alkyl halides is 3. The van der Waals surface area contributed by atoms with Gasteiger partial charge >= 0.3 is 6.18 Å². The third-order valence-electron chi connectivity index (χ3n) is 6.28. The summed E-state index contributed by atoms with van der Waals surface area (Å²) in [6.07, 6.45) is -0.235. The fourth-order valence-corrected chi connectivity index (χ4v) is 4.53. The monoisotopic (exact) mass is 433 g/mol. The number of nitrogens with zero attached hydrogens (tertiary/aromatic N) is 3. The lowest BCUT2D eigenvalue weighted by Crippen LogP contribution is -2.42. The molecule has 2 aliphatic heterocycles. The highest BCUT2D eigenvalue weighted by Crippen LogP contribution is 2.36. The minimum absolute atomic E-state index is 0.0652. The summed E-state index contributed by atoms with van der Waals surface area (Å²) in [4.78, 5) is 21.2. The number of piperidine rings is 1. The molecule has 1 aromatic carbocycles. The smallest absolute Gasteiger partial charge is 0.417 e. The molecule has 0 radical (unpaired) electrons. The van der Waals surface area contributed by atoms with Crippen LogP contribution in [0.3, 0.4) is 0 Å². The minimum Gasteiger partial charge on any atom is -0.497 e. The first kappa shape index (κ1) is 21.5. The van der Waals surface area contributed by atoms with E-state index < -0.39 is 11.7 Å². The first-order valence-corrected chi connectivity index (χ1v) is 10.6. The van der Waals surface area contributed by atoms with E-state index in [0.717, 1.165) is 43.0 Å². The van der Waals surface area contributed by atoms with Crippen molar-refractivity contribution in [3.63, 3.8) is 0 Å². The highest BCUT2D eigenvalue weighted by Gasteiger charge is 2.36. The van der Waals surface area contributed by atoms with Gasteiger partial charge in [0.2, 0.25) is 5.91 Å². The number of rotatable bonds is 4. The zero-order valence-corrected chi connectivity index (χ0v) is 17.4. The maximum Gasteiger partial charge on any atom is 0.417 e. The van der Waals surface area contributed by atoms with Crippen LogP contribution in [0.1, 0.15) is 42.9 Å². The van der Waals surface area contributed by atoms with Gasteiger partial charge in [-0.2, -0.15) is 13.2 Å². The van der Waals surface area contributed by atoms with Gasteiger partial charge in [0.1, 0.15) is 11.6 Å². The second-order valence-corrected chi connectivity index (χ2v) is 8.13. The number of pyridine rings is 1. The van der Waals surface area contributed by atoms with Gasteiger partial charge in [-0.3, -0.25) is 4.79 Å². The molecule has 5 nitrogen and oxygen atoms in total. The number of carbonyl (C=O) groups is 1. The number of benzene rings is 1. The number of aromatic nitrogens is 1. The van der Waals surface area contributed by atoms with Crippen LogP contribution in [0, 0.1) is 5.92 Å². The van der Waals surface area contributed by atoms with Crippen LogP contribution in [0.4, 0.5) is 19.0 Å². The van der Waals surface area contributed by atoms with Gasteiger partial charge in [-0.25, -0.2) is 4.98 Å². The summed E-state index contributed by atoms with van der Waals surface area (Å²) in [5, 5.41) is 0. The lowest BCUT2D eigenvalue weighted by Gasteiger charge is -2.35. The van der Waals surface area contributed by atoms with Crippen molar-refractivity contribution in [3.8, 4) is 5.75 Å². The molecule has 0 spiro atoms. The van der Waals surface area contributed by atoms with Crippen LogP contribution in [0.5, 0.6) is 5.75 Å². The van der Waals surface area contributed by atoms with Gasteiger partial charge in [-0.05, 0) is 55.5 Å². The molecule has 2 aromatic rings. The molecule has 1 aromatic heterocycles. The molecule has 3 heterocycles. The molecule has 0 unspecified atom stereocenters. The quantitative estimate of drug-likeness (QED) is 0.702. The Bertz CT molecular complexity index is 892. The third-order valence-corrected chi connectivity index (χ3v) is 6.28. The van der Waals surface area contributed by atoms with Crippen LogP contribution in [-0.2, 0) is 11.0 Å². The molecule has 4 rings (SSSR count). The maximum atomic E-state index is 13.2. The second kappa shape index (κ2) is 8.77. The first-order chi connectivity index (χ1) is 14.9. The molecule has 166 valence electrons. The molecule has 8 heteroatoms. The van der Waals surface area contributed by atoms with E-state index >= 15 is 0 Å². The molecule has 0 bridgehead atoms. The summed E-state index contributed by atoms with van der Waals surface area (Å²) in [6, 6.07) is 10.4. The Balaban J connectivity index is 1.37. The zero-order valence-electron chi connectivity index (χ0n) is 17.4. The van der Waals surface area contributed by atoms with E-state index in [-0.39, 0.29) is 17.9 Å². The summed E-state index contributed by atoms with van der Waals surface area (Å²) < 4.78 is 43.4. The summed E-state index contributed by atoms with van der Waals surface area (Å²) in [5.41, 5.74) is 0.373. The molecule has 0 saturated carbocycles. The maximum absolute atomic E-state index is 13.2. The fourth-order valence-electron chi connectivity index (χ4n) is 4.53. The van der Waals surface area contributed by atoms with Crippen molar-refractivity contribution in [1.82, 2.24) is 9.88 Å². The van der Waals surface area contributed by atoms with Crippen molar-refractivity contribution in [2.24, 2.45) is 5.92 Å². The summed E-state index contributed by atoms with van der Waals surface area (Å²) >= 11 is 0. The molecule has 2 fully saturated rings. The fraction of sp³-hybridized carbons (Fsp3) is 0.478. The molecule has 1 amide bonds. The number of halogens is 3. The zero-order chi connectivity index (χ0) is 22.0. The van der Waals surface area contributed by atoms with Crippen LogP contribution in [0.15, 0.2) is 42.6 Å². The van der Waals surface area contributed by atoms with E-state index in [1.54, 1.807) is 7.11 Å². The Morgan fingerprint density at radius 1 is 1.03 bits per heavy atom. The Morgan fingerprint density at radius 3 is 2.32 bits per heavy atom. The van der Waals surface area contributed by atoms with Gasteiger partial charge in [-0.1, -0.05) is 12.1 Å². The van der Waals surface area contributed by atoms with Gasteiger partial charge in [0, 0.05) is 31.7 Å². The second-order valence-electron chi connectivity index (χ2n) is 8.13. The standard InChI is InChI=1S/C23H26F3N3O2/c1-31-19-7-4-16(5-8-19)20-3-2-12-29(20)22(30)17-10-13-28(14-11-17)21-9-6-18(15-27-21)23(24,25)26/h4-9,15,17,20H,2-3,10-14H2,1H3/t20-/m0/s1. The molecule has 2 saturated heterocycles. The average molecular weight is 433 g/mol. The van der Waals surface area contributed by atoms with Gasteiger partial charge in [-0.15, -0.1) is 0 Å². The van der Waals surface area contributed by atoms with Crippen LogP contribution in [0.2, 0.25) is 0 Å². The number of hydrogen-bond donors (Lipinski definition) is 0. The van der Waals surface area contributed by atoms with E-state index in [4.69, 9.17) is 4.74 Å². The number of anilines is 1. The van der Waals surface area contributed by atoms with Gasteiger partial charge in [0.15, 0.2) is 0 Å². The molecular formula is C23H26F3N3O2. The SMILES string of the molecule is COc1ccc([C@@H]2CCCN2C(=O)C2CCN(c3ccc(C(F)(F)F)cn3)CC2)cc1. The molecule has 31 heavy (non-hydrogen) atoms. The summed E-state index contributed by atoms with van der Waals surface area (Å²) in [5.74, 6) is 1.43. The van der Waals surface area contributed by atoms with E-state index in [9.17, 15) is 18.0 Å². The van der Waals surface area contributed by atoms with Crippen LogP contribution >= 0.6 is 0 Å². The Morgan fingerprint density at radius 2 is 1.74 bits per heavy atom. The van der Waals surface area contributed by atoms with Crippen LogP contribution in [-0.4, -0.2) is 42.5 Å². The number of hydrogen-bond acceptors (Lipinski definition) is 4. The molecule has 1 atom stereocenters. The van der Waals surface area contributed by atoms with E-state index in [0.29, 0.717) is 31.7 Å². The third kappa shape index (κ3) is 4.62. The van der Waals surface area contributed by atoms with Crippen LogP contribution < -0.4 is 9.64 Å². The van der Waals surface area contributed by atoms with Crippen molar-refractivity contribution in [3.05, 3.63) is 53.7 Å². The minimum atomic E-state index is -4.39. The van der Waals surface area contributed by atoms with Gasteiger partial charge in [0.05, 0.1) is 18.7 Å². The lowest BCUT2D eigenvalue weighted by molar-refractivity contribution is -0.138. The lowest BCUT2D eigenvalue weighted by atomic mass is 9.94. The predicted molar refractivity (Wildman–Crippen MR) is 111 cm³/mol. The largest absolute Gasteiger partial charge is 0.497 e. The predicted octanol–water partition coefficient (Wildman–Crippen LogP) is 4.69. The number of carbonyl (C=O) groups excluding carboxylic acids is 1. The Hall–Kier alpha value is -2.77. The van der Waals surface area contributed by atoms with E-state index in [1.807, 2.05) is 34.1 Å². The summed E-state index contributed by atoms with van der Waals surface area (Å²) in [6.45, 7) is 1.97.